The van der Waals surface area contributed by atoms with Gasteiger partial charge in [-0.25, -0.2) is 0 Å². The summed E-state index contributed by atoms with van der Waals surface area (Å²) in [6.45, 7) is 6.18. The summed E-state index contributed by atoms with van der Waals surface area (Å²) in [5, 5.41) is 24.7. The Balaban J connectivity index is 2.21. The Labute approximate surface area is 158 Å². The molecule has 0 amide bonds. The molecule has 2 aromatic carbocycles. The average molecular weight is 377 g/mol. The first-order chi connectivity index (χ1) is 11.6. The first kappa shape index (κ1) is 17.8. The van der Waals surface area contributed by atoms with Crippen LogP contribution in [0, 0.1) is 0 Å². The zero-order chi connectivity index (χ0) is 18.4. The van der Waals surface area contributed by atoms with Crippen molar-refractivity contribution in [3.63, 3.8) is 0 Å². The molecule has 0 radical (unpaired) electrons. The van der Waals surface area contributed by atoms with Crippen molar-refractivity contribution in [3.05, 3.63) is 53.1 Å². The number of nitrogens with zero attached hydrogens (tertiary/aromatic N) is 1. The number of rotatable bonds is 2. The fourth-order valence-electron chi connectivity index (χ4n) is 3.76. The zero-order valence-corrected chi connectivity index (χ0v) is 15.9. The minimum absolute atomic E-state index is 0.0231. The highest BCUT2D eigenvalue weighted by molar-refractivity contribution is 7.80. The van der Waals surface area contributed by atoms with E-state index in [-0.39, 0.29) is 17.0 Å². The van der Waals surface area contributed by atoms with E-state index in [2.05, 4.69) is 19.2 Å². The van der Waals surface area contributed by atoms with Crippen LogP contribution in [0.15, 0.2) is 42.5 Å². The minimum atomic E-state index is -0.617. The lowest BCUT2D eigenvalue weighted by Gasteiger charge is -2.53. The summed E-state index contributed by atoms with van der Waals surface area (Å²) in [5.74, 6) is 0.0601. The van der Waals surface area contributed by atoms with E-state index in [0.29, 0.717) is 22.1 Å². The summed E-state index contributed by atoms with van der Waals surface area (Å²) in [6, 6.07) is 12.1. The molecule has 0 spiro atoms. The Morgan fingerprint density at radius 1 is 1.12 bits per heavy atom. The van der Waals surface area contributed by atoms with Gasteiger partial charge in [-0.3, -0.25) is 0 Å². The van der Waals surface area contributed by atoms with E-state index in [0.717, 1.165) is 5.69 Å². The fraction of sp³-hybridized carbons (Fsp3) is 0.316. The van der Waals surface area contributed by atoms with Gasteiger partial charge >= 0.3 is 0 Å². The topological polar surface area (TPSA) is 55.7 Å². The van der Waals surface area contributed by atoms with Gasteiger partial charge in [-0.2, -0.15) is 0 Å². The molecule has 3 N–H and O–H groups in total. The van der Waals surface area contributed by atoms with Gasteiger partial charge in [0.1, 0.15) is 11.5 Å². The van der Waals surface area contributed by atoms with Crippen LogP contribution in [0.2, 0.25) is 5.02 Å². The third-order valence-corrected chi connectivity index (χ3v) is 5.08. The Morgan fingerprint density at radius 3 is 2.48 bits per heavy atom. The van der Waals surface area contributed by atoms with Crippen LogP contribution in [0.1, 0.15) is 32.8 Å². The molecule has 132 valence electrons. The number of aromatic hydroxyl groups is 2. The van der Waals surface area contributed by atoms with Crippen LogP contribution in [0.3, 0.4) is 0 Å². The SMILES string of the molecule is CC1(C)CC(C)(c2ccc(O)cc2O)N(c2cccc(Cl)c2)C(=S)N1. The third-order valence-electron chi connectivity index (χ3n) is 4.56. The molecule has 2 aromatic rings. The fourth-order valence-corrected chi connectivity index (χ4v) is 4.53. The Kier molecular flexibility index (Phi) is 4.33. The van der Waals surface area contributed by atoms with Crippen LogP contribution in [0.25, 0.3) is 0 Å². The predicted molar refractivity (Wildman–Crippen MR) is 105 cm³/mol. The zero-order valence-electron chi connectivity index (χ0n) is 14.4. The van der Waals surface area contributed by atoms with Crippen LogP contribution in [-0.4, -0.2) is 20.9 Å². The van der Waals surface area contributed by atoms with Gasteiger partial charge in [0, 0.05) is 27.9 Å². The number of hydrogen-bond acceptors (Lipinski definition) is 3. The summed E-state index contributed by atoms with van der Waals surface area (Å²) in [6.07, 6.45) is 0.686. The van der Waals surface area contributed by atoms with E-state index in [1.54, 1.807) is 12.1 Å². The number of hydrogen-bond donors (Lipinski definition) is 3. The highest BCUT2D eigenvalue weighted by Crippen LogP contribution is 2.46. The number of benzene rings is 2. The molecule has 25 heavy (non-hydrogen) atoms. The van der Waals surface area contributed by atoms with Gasteiger partial charge in [0.2, 0.25) is 0 Å². The van der Waals surface area contributed by atoms with Crippen molar-refractivity contribution in [2.45, 2.75) is 38.3 Å². The van der Waals surface area contributed by atoms with Gasteiger partial charge in [0.25, 0.3) is 0 Å². The van der Waals surface area contributed by atoms with Gasteiger partial charge in [0.05, 0.1) is 5.54 Å². The van der Waals surface area contributed by atoms with Crippen molar-refractivity contribution in [2.75, 3.05) is 4.90 Å². The van der Waals surface area contributed by atoms with Gasteiger partial charge in [0.15, 0.2) is 5.11 Å². The van der Waals surface area contributed by atoms with Crippen LogP contribution in [-0.2, 0) is 5.54 Å². The summed E-state index contributed by atoms with van der Waals surface area (Å²) >= 11 is 11.8. The van der Waals surface area contributed by atoms with Crippen LogP contribution >= 0.6 is 23.8 Å². The maximum Gasteiger partial charge on any atom is 0.174 e. The molecular weight excluding hydrogens is 356 g/mol. The largest absolute Gasteiger partial charge is 0.508 e. The highest BCUT2D eigenvalue weighted by Gasteiger charge is 2.47. The predicted octanol–water partition coefficient (Wildman–Crippen LogP) is 4.53. The molecule has 1 heterocycles. The van der Waals surface area contributed by atoms with Gasteiger partial charge in [-0.15, -0.1) is 0 Å². The standard InChI is InChI=1S/C19H21ClN2O2S/c1-18(2)11-19(3,15-8-7-14(23)10-16(15)24)22(17(25)21-18)13-6-4-5-12(20)9-13/h4-10,23-24H,11H2,1-3H3,(H,21,25). The molecule has 1 saturated heterocycles. The molecule has 0 aromatic heterocycles. The number of phenols is 2. The number of halogens is 1. The van der Waals surface area contributed by atoms with Crippen LogP contribution < -0.4 is 10.2 Å². The molecule has 1 aliphatic heterocycles. The molecule has 0 bridgehead atoms. The molecule has 0 saturated carbocycles. The average Bonchev–Trinajstić information content (AvgIpc) is 2.44. The second-order valence-corrected chi connectivity index (χ2v) is 8.10. The molecule has 3 rings (SSSR count). The quantitative estimate of drug-likeness (QED) is 0.672. The molecule has 1 aliphatic rings. The Morgan fingerprint density at radius 2 is 1.84 bits per heavy atom. The maximum absolute atomic E-state index is 10.5. The number of anilines is 1. The summed E-state index contributed by atoms with van der Waals surface area (Å²) in [4.78, 5) is 1.98. The number of thiocarbonyl (C=S) groups is 1. The molecule has 4 nitrogen and oxygen atoms in total. The maximum atomic E-state index is 10.5. The monoisotopic (exact) mass is 376 g/mol. The van der Waals surface area contributed by atoms with E-state index >= 15 is 0 Å². The summed E-state index contributed by atoms with van der Waals surface area (Å²) in [7, 11) is 0. The van der Waals surface area contributed by atoms with E-state index in [1.807, 2.05) is 36.1 Å². The summed E-state index contributed by atoms with van der Waals surface area (Å²) in [5.41, 5.74) is 0.664. The van der Waals surface area contributed by atoms with Crippen molar-refractivity contribution in [3.8, 4) is 11.5 Å². The van der Waals surface area contributed by atoms with E-state index < -0.39 is 5.54 Å². The van der Waals surface area contributed by atoms with E-state index in [9.17, 15) is 10.2 Å². The van der Waals surface area contributed by atoms with Gasteiger partial charge in [-0.05, 0) is 69.7 Å². The lowest BCUT2D eigenvalue weighted by molar-refractivity contribution is 0.275. The molecule has 1 fully saturated rings. The first-order valence-corrected chi connectivity index (χ1v) is 8.81. The smallest absolute Gasteiger partial charge is 0.174 e. The van der Waals surface area contributed by atoms with Crippen molar-refractivity contribution >= 4 is 34.6 Å². The Hall–Kier alpha value is -1.98. The Bertz CT molecular complexity index is 840. The van der Waals surface area contributed by atoms with E-state index in [1.165, 1.54) is 6.07 Å². The van der Waals surface area contributed by atoms with Crippen molar-refractivity contribution in [1.82, 2.24) is 5.32 Å². The second-order valence-electron chi connectivity index (χ2n) is 7.28. The second kappa shape index (κ2) is 6.07. The van der Waals surface area contributed by atoms with Crippen molar-refractivity contribution < 1.29 is 10.2 Å². The molecule has 1 atom stereocenters. The number of phenolic OH excluding ortho intramolecular Hbond substituents is 2. The van der Waals surface area contributed by atoms with Crippen LogP contribution in [0.5, 0.6) is 11.5 Å². The lowest BCUT2D eigenvalue weighted by atomic mass is 9.76. The lowest BCUT2D eigenvalue weighted by Crippen LogP contribution is -2.65. The molecule has 0 aliphatic carbocycles. The highest BCUT2D eigenvalue weighted by atomic mass is 35.5. The minimum Gasteiger partial charge on any atom is -0.508 e. The van der Waals surface area contributed by atoms with Crippen molar-refractivity contribution in [2.24, 2.45) is 0 Å². The van der Waals surface area contributed by atoms with Gasteiger partial charge < -0.3 is 20.4 Å². The molecular formula is C19H21ClN2O2S. The normalized spacial score (nSPS) is 22.6. The van der Waals surface area contributed by atoms with Crippen molar-refractivity contribution in [1.29, 1.82) is 0 Å². The first-order valence-electron chi connectivity index (χ1n) is 8.03. The van der Waals surface area contributed by atoms with Gasteiger partial charge in [-0.1, -0.05) is 17.7 Å². The summed E-state index contributed by atoms with van der Waals surface area (Å²) < 4.78 is 0. The van der Waals surface area contributed by atoms with Crippen LogP contribution in [0.4, 0.5) is 5.69 Å². The third kappa shape index (κ3) is 3.26. The van der Waals surface area contributed by atoms with E-state index in [4.69, 9.17) is 23.8 Å². The molecule has 1 unspecified atom stereocenters. The number of nitrogens with one attached hydrogen (secondary N) is 1. The molecule has 6 heteroatoms.